The van der Waals surface area contributed by atoms with Crippen molar-refractivity contribution in [2.24, 2.45) is 0 Å². The number of nitrogens with one attached hydrogen (secondary N) is 1. The summed E-state index contributed by atoms with van der Waals surface area (Å²) in [6, 6.07) is 10.1. The van der Waals surface area contributed by atoms with Crippen LogP contribution in [0, 0.1) is 13.8 Å². The number of hydrogen-bond donors (Lipinski definition) is 1. The van der Waals surface area contributed by atoms with E-state index in [1.165, 1.54) is 28.7 Å². The van der Waals surface area contributed by atoms with E-state index in [1.54, 1.807) is 6.20 Å². The van der Waals surface area contributed by atoms with E-state index in [2.05, 4.69) is 28.3 Å². The number of carbonyl (C=O) groups is 1. The molecule has 0 unspecified atom stereocenters. The summed E-state index contributed by atoms with van der Waals surface area (Å²) >= 11 is 2.91. The number of anilines is 1. The van der Waals surface area contributed by atoms with Crippen LogP contribution in [-0.2, 0) is 4.79 Å². The molecule has 3 rings (SSSR count). The average Bonchev–Trinajstić information content (AvgIpc) is 2.90. The first-order valence-corrected chi connectivity index (χ1v) is 8.63. The summed E-state index contributed by atoms with van der Waals surface area (Å²) < 4.78 is 0. The molecule has 0 saturated heterocycles. The molecule has 112 valence electrons. The molecule has 1 N–H and O–H groups in total. The van der Waals surface area contributed by atoms with E-state index in [0.29, 0.717) is 10.9 Å². The van der Waals surface area contributed by atoms with Gasteiger partial charge in [0, 0.05) is 16.5 Å². The van der Waals surface area contributed by atoms with Crippen molar-refractivity contribution in [2.75, 3.05) is 11.1 Å². The smallest absolute Gasteiger partial charge is 0.236 e. The Balaban J connectivity index is 1.67. The van der Waals surface area contributed by atoms with Crippen molar-refractivity contribution < 1.29 is 4.79 Å². The summed E-state index contributed by atoms with van der Waals surface area (Å²) in [6.45, 7) is 4.02. The van der Waals surface area contributed by atoms with E-state index in [4.69, 9.17) is 0 Å². The van der Waals surface area contributed by atoms with Gasteiger partial charge in [-0.15, -0.1) is 11.3 Å². The number of thioether (sulfide) groups is 1. The number of amides is 1. The first-order chi connectivity index (χ1) is 10.6. The maximum Gasteiger partial charge on any atom is 0.236 e. The molecule has 0 aliphatic carbocycles. The highest BCUT2D eigenvalue weighted by atomic mass is 32.2. The van der Waals surface area contributed by atoms with Crippen LogP contribution in [0.4, 0.5) is 5.13 Å². The molecule has 1 aromatic carbocycles. The minimum Gasteiger partial charge on any atom is -0.301 e. The monoisotopic (exact) mass is 329 g/mol. The van der Waals surface area contributed by atoms with Gasteiger partial charge in [-0.05, 0) is 31.5 Å². The van der Waals surface area contributed by atoms with Crippen LogP contribution in [0.5, 0.6) is 0 Å². The Morgan fingerprint density at radius 1 is 1.32 bits per heavy atom. The molecule has 6 heteroatoms. The van der Waals surface area contributed by atoms with Gasteiger partial charge >= 0.3 is 0 Å². The van der Waals surface area contributed by atoms with E-state index in [9.17, 15) is 4.79 Å². The fraction of sp³-hybridized carbons (Fsp3) is 0.188. The predicted molar refractivity (Wildman–Crippen MR) is 92.7 cm³/mol. The van der Waals surface area contributed by atoms with E-state index < -0.39 is 0 Å². The molecule has 0 bridgehead atoms. The fourth-order valence-corrected chi connectivity index (χ4v) is 3.55. The number of nitrogens with zero attached hydrogens (tertiary/aromatic N) is 2. The van der Waals surface area contributed by atoms with Crippen LogP contribution in [0.25, 0.3) is 10.9 Å². The average molecular weight is 329 g/mol. The lowest BCUT2D eigenvalue weighted by atomic mass is 10.1. The van der Waals surface area contributed by atoms with E-state index in [0.717, 1.165) is 20.8 Å². The van der Waals surface area contributed by atoms with Gasteiger partial charge in [-0.1, -0.05) is 30.0 Å². The van der Waals surface area contributed by atoms with Gasteiger partial charge < -0.3 is 5.32 Å². The lowest BCUT2D eigenvalue weighted by Crippen LogP contribution is -2.13. The van der Waals surface area contributed by atoms with Gasteiger partial charge in [-0.2, -0.15) is 0 Å². The minimum absolute atomic E-state index is 0.0630. The third kappa shape index (κ3) is 3.45. The Morgan fingerprint density at radius 3 is 2.91 bits per heavy atom. The second-order valence-electron chi connectivity index (χ2n) is 4.91. The van der Waals surface area contributed by atoms with Crippen molar-refractivity contribution in [3.8, 4) is 0 Å². The molecule has 0 aliphatic heterocycles. The number of fused-ring (bicyclic) bond motifs is 1. The van der Waals surface area contributed by atoms with Crippen LogP contribution in [0.2, 0.25) is 0 Å². The number of aryl methyl sites for hydroxylation is 2. The normalized spacial score (nSPS) is 10.8. The third-order valence-electron chi connectivity index (χ3n) is 3.12. The number of carbonyl (C=O) groups excluding carboxylic acids is 1. The number of rotatable bonds is 4. The Hall–Kier alpha value is -1.92. The lowest BCUT2D eigenvalue weighted by molar-refractivity contribution is -0.113. The number of benzene rings is 1. The SMILES string of the molecule is Cc1cnc(NC(=O)CSc2cc(C)c3ccccc3n2)s1. The van der Waals surface area contributed by atoms with E-state index in [-0.39, 0.29) is 5.91 Å². The molecule has 22 heavy (non-hydrogen) atoms. The van der Waals surface area contributed by atoms with Crippen molar-refractivity contribution in [1.82, 2.24) is 9.97 Å². The van der Waals surface area contributed by atoms with Gasteiger partial charge in [0.2, 0.25) is 5.91 Å². The summed E-state index contributed by atoms with van der Waals surface area (Å²) in [5, 5.41) is 5.46. The third-order valence-corrected chi connectivity index (χ3v) is 4.86. The summed E-state index contributed by atoms with van der Waals surface area (Å²) in [4.78, 5) is 21.7. The number of aromatic nitrogens is 2. The van der Waals surface area contributed by atoms with Crippen molar-refractivity contribution >= 4 is 45.0 Å². The fourth-order valence-electron chi connectivity index (χ4n) is 2.10. The van der Waals surface area contributed by atoms with Gasteiger partial charge in [0.05, 0.1) is 16.3 Å². The molecular formula is C16H15N3OS2. The predicted octanol–water partition coefficient (Wildman–Crippen LogP) is 4.04. The van der Waals surface area contributed by atoms with Crippen LogP contribution in [-0.4, -0.2) is 21.6 Å². The standard InChI is InChI=1S/C16H15N3OS2/c1-10-7-15(18-13-6-4-3-5-12(10)13)21-9-14(20)19-16-17-8-11(2)22-16/h3-8H,9H2,1-2H3,(H,17,19,20). The topological polar surface area (TPSA) is 54.9 Å². The molecule has 0 atom stereocenters. The number of para-hydroxylation sites is 1. The van der Waals surface area contributed by atoms with Crippen molar-refractivity contribution in [1.29, 1.82) is 0 Å². The first kappa shape index (κ1) is 15.0. The summed E-state index contributed by atoms with van der Waals surface area (Å²) in [6.07, 6.45) is 1.75. The Bertz CT molecular complexity index is 829. The zero-order valence-corrected chi connectivity index (χ0v) is 13.9. The molecule has 2 aromatic heterocycles. The largest absolute Gasteiger partial charge is 0.301 e. The molecule has 0 radical (unpaired) electrons. The molecule has 0 aliphatic rings. The Morgan fingerprint density at radius 2 is 2.14 bits per heavy atom. The van der Waals surface area contributed by atoms with Crippen LogP contribution >= 0.6 is 23.1 Å². The Labute approximate surface area is 137 Å². The summed E-state index contributed by atoms with van der Waals surface area (Å²) in [5.41, 5.74) is 2.13. The van der Waals surface area contributed by atoms with Crippen molar-refractivity contribution in [3.63, 3.8) is 0 Å². The zero-order valence-electron chi connectivity index (χ0n) is 12.3. The van der Waals surface area contributed by atoms with Gasteiger partial charge in [0.15, 0.2) is 5.13 Å². The van der Waals surface area contributed by atoms with Crippen LogP contribution < -0.4 is 5.32 Å². The quantitative estimate of drug-likeness (QED) is 0.734. The van der Waals surface area contributed by atoms with Crippen LogP contribution in [0.1, 0.15) is 10.4 Å². The molecule has 0 spiro atoms. The molecule has 1 amide bonds. The molecule has 2 heterocycles. The second-order valence-corrected chi connectivity index (χ2v) is 7.14. The van der Waals surface area contributed by atoms with Gasteiger partial charge in [-0.25, -0.2) is 9.97 Å². The highest BCUT2D eigenvalue weighted by Crippen LogP contribution is 2.24. The highest BCUT2D eigenvalue weighted by Gasteiger charge is 2.08. The number of thiazole rings is 1. The zero-order chi connectivity index (χ0) is 15.5. The minimum atomic E-state index is -0.0630. The summed E-state index contributed by atoms with van der Waals surface area (Å²) in [7, 11) is 0. The lowest BCUT2D eigenvalue weighted by Gasteiger charge is -2.06. The molecule has 0 fully saturated rings. The van der Waals surface area contributed by atoms with Crippen LogP contribution in [0.3, 0.4) is 0 Å². The van der Waals surface area contributed by atoms with E-state index >= 15 is 0 Å². The van der Waals surface area contributed by atoms with Crippen LogP contribution in [0.15, 0.2) is 41.6 Å². The molecule has 0 saturated carbocycles. The van der Waals surface area contributed by atoms with Gasteiger partial charge in [0.1, 0.15) is 0 Å². The first-order valence-electron chi connectivity index (χ1n) is 6.83. The number of hydrogen-bond acceptors (Lipinski definition) is 5. The second kappa shape index (κ2) is 6.46. The maximum absolute atomic E-state index is 12.0. The van der Waals surface area contributed by atoms with Gasteiger partial charge in [0.25, 0.3) is 0 Å². The highest BCUT2D eigenvalue weighted by molar-refractivity contribution is 7.99. The Kier molecular flexibility index (Phi) is 4.40. The number of pyridine rings is 1. The molecule has 3 aromatic rings. The van der Waals surface area contributed by atoms with E-state index in [1.807, 2.05) is 31.2 Å². The van der Waals surface area contributed by atoms with Crippen molar-refractivity contribution in [2.45, 2.75) is 18.9 Å². The van der Waals surface area contributed by atoms with Crippen molar-refractivity contribution in [3.05, 3.63) is 47.0 Å². The molecular weight excluding hydrogens is 314 g/mol. The summed E-state index contributed by atoms with van der Waals surface area (Å²) in [5.74, 6) is 0.260. The van der Waals surface area contributed by atoms with Gasteiger partial charge in [-0.3, -0.25) is 4.79 Å². The molecule has 4 nitrogen and oxygen atoms in total. The maximum atomic E-state index is 12.0.